The SMILES string of the molecule is NC(=O)c1ccccc1C1CCc2cc(Cl)ccc21. The molecule has 3 rings (SSSR count). The highest BCUT2D eigenvalue weighted by molar-refractivity contribution is 6.30. The minimum absolute atomic E-state index is 0.246. The zero-order chi connectivity index (χ0) is 13.4. The van der Waals surface area contributed by atoms with Gasteiger partial charge >= 0.3 is 0 Å². The van der Waals surface area contributed by atoms with Crippen LogP contribution in [0.4, 0.5) is 0 Å². The molecule has 0 fully saturated rings. The summed E-state index contributed by atoms with van der Waals surface area (Å²) in [7, 11) is 0. The van der Waals surface area contributed by atoms with E-state index in [1.165, 1.54) is 11.1 Å². The highest BCUT2D eigenvalue weighted by atomic mass is 35.5. The van der Waals surface area contributed by atoms with Gasteiger partial charge in [0.25, 0.3) is 0 Å². The third-order valence-electron chi connectivity index (χ3n) is 3.78. The van der Waals surface area contributed by atoms with Crippen LogP contribution in [0.1, 0.15) is 39.4 Å². The van der Waals surface area contributed by atoms with Crippen LogP contribution in [0.5, 0.6) is 0 Å². The van der Waals surface area contributed by atoms with E-state index >= 15 is 0 Å². The van der Waals surface area contributed by atoms with Gasteiger partial charge < -0.3 is 5.73 Å². The first kappa shape index (κ1) is 12.2. The van der Waals surface area contributed by atoms with E-state index in [-0.39, 0.29) is 11.8 Å². The highest BCUT2D eigenvalue weighted by Crippen LogP contribution is 2.40. The number of benzene rings is 2. The molecule has 1 atom stereocenters. The van der Waals surface area contributed by atoms with Gasteiger partial charge in [-0.15, -0.1) is 0 Å². The number of carbonyl (C=O) groups is 1. The van der Waals surface area contributed by atoms with E-state index < -0.39 is 0 Å². The Morgan fingerprint density at radius 1 is 1.16 bits per heavy atom. The number of carbonyl (C=O) groups excluding carboxylic acids is 1. The molecular weight excluding hydrogens is 258 g/mol. The van der Waals surface area contributed by atoms with Crippen molar-refractivity contribution >= 4 is 17.5 Å². The molecule has 0 heterocycles. The molecule has 3 heteroatoms. The van der Waals surface area contributed by atoms with E-state index in [0.29, 0.717) is 5.56 Å². The van der Waals surface area contributed by atoms with E-state index in [1.54, 1.807) is 6.07 Å². The fourth-order valence-corrected chi connectivity index (χ4v) is 3.13. The average molecular weight is 272 g/mol. The maximum absolute atomic E-state index is 11.5. The Morgan fingerprint density at radius 2 is 1.95 bits per heavy atom. The molecule has 2 aromatic rings. The molecule has 1 unspecified atom stereocenters. The molecule has 1 amide bonds. The Bertz CT molecular complexity index is 651. The van der Waals surface area contributed by atoms with E-state index in [2.05, 4.69) is 6.07 Å². The summed E-state index contributed by atoms with van der Waals surface area (Å²) < 4.78 is 0. The molecule has 0 aliphatic heterocycles. The van der Waals surface area contributed by atoms with Crippen molar-refractivity contribution in [1.82, 2.24) is 0 Å². The van der Waals surface area contributed by atoms with Crippen LogP contribution in [0.3, 0.4) is 0 Å². The van der Waals surface area contributed by atoms with Crippen LogP contribution < -0.4 is 5.73 Å². The second-order valence-corrected chi connectivity index (χ2v) is 5.32. The van der Waals surface area contributed by atoms with Crippen molar-refractivity contribution in [2.24, 2.45) is 5.73 Å². The number of rotatable bonds is 2. The van der Waals surface area contributed by atoms with Crippen molar-refractivity contribution in [1.29, 1.82) is 0 Å². The summed E-state index contributed by atoms with van der Waals surface area (Å²) >= 11 is 6.02. The molecule has 0 saturated heterocycles. The van der Waals surface area contributed by atoms with Gasteiger partial charge in [-0.1, -0.05) is 35.9 Å². The summed E-state index contributed by atoms with van der Waals surface area (Å²) in [5, 5.41) is 0.766. The zero-order valence-electron chi connectivity index (χ0n) is 10.4. The largest absolute Gasteiger partial charge is 0.366 e. The molecule has 0 spiro atoms. The van der Waals surface area contributed by atoms with Crippen LogP contribution in [-0.4, -0.2) is 5.91 Å². The van der Waals surface area contributed by atoms with Crippen LogP contribution in [-0.2, 0) is 6.42 Å². The Kier molecular flexibility index (Phi) is 3.03. The lowest BCUT2D eigenvalue weighted by Crippen LogP contribution is -2.15. The lowest BCUT2D eigenvalue weighted by atomic mass is 9.89. The first-order valence-electron chi connectivity index (χ1n) is 6.34. The quantitative estimate of drug-likeness (QED) is 0.892. The number of fused-ring (bicyclic) bond motifs is 1. The molecule has 1 aliphatic carbocycles. The fourth-order valence-electron chi connectivity index (χ4n) is 2.93. The Balaban J connectivity index is 2.09. The number of primary amides is 1. The standard InChI is InChI=1S/C16H14ClNO/c17-11-6-8-12-10(9-11)5-7-14(12)13-3-1-2-4-15(13)16(18)19/h1-4,6,8-9,14H,5,7H2,(H2,18,19). The molecule has 2 aromatic carbocycles. The third kappa shape index (κ3) is 2.13. The van der Waals surface area contributed by atoms with Gasteiger partial charge in [-0.2, -0.15) is 0 Å². The first-order chi connectivity index (χ1) is 9.16. The van der Waals surface area contributed by atoms with Crippen molar-refractivity contribution in [3.8, 4) is 0 Å². The minimum atomic E-state index is -0.363. The number of aryl methyl sites for hydroxylation is 1. The topological polar surface area (TPSA) is 43.1 Å². The Labute approximate surface area is 117 Å². The highest BCUT2D eigenvalue weighted by Gasteiger charge is 2.26. The Morgan fingerprint density at radius 3 is 2.74 bits per heavy atom. The van der Waals surface area contributed by atoms with Crippen LogP contribution in [0.25, 0.3) is 0 Å². The third-order valence-corrected chi connectivity index (χ3v) is 4.02. The number of halogens is 1. The number of nitrogens with two attached hydrogens (primary N) is 1. The molecular formula is C16H14ClNO. The maximum atomic E-state index is 11.5. The first-order valence-corrected chi connectivity index (χ1v) is 6.71. The number of amides is 1. The summed E-state index contributed by atoms with van der Waals surface area (Å²) in [5.41, 5.74) is 9.65. The maximum Gasteiger partial charge on any atom is 0.248 e. The van der Waals surface area contributed by atoms with Gasteiger partial charge in [0, 0.05) is 16.5 Å². The summed E-state index contributed by atoms with van der Waals surface area (Å²) in [4.78, 5) is 11.5. The summed E-state index contributed by atoms with van der Waals surface area (Å²) in [6.07, 6.45) is 1.99. The van der Waals surface area contributed by atoms with Gasteiger partial charge in [0.15, 0.2) is 0 Å². The van der Waals surface area contributed by atoms with Gasteiger partial charge in [0.05, 0.1) is 0 Å². The predicted octanol–water partition coefficient (Wildman–Crippen LogP) is 3.52. The second kappa shape index (κ2) is 4.71. The number of hydrogen-bond acceptors (Lipinski definition) is 1. The normalized spacial score (nSPS) is 17.2. The van der Waals surface area contributed by atoms with Crippen molar-refractivity contribution in [3.05, 3.63) is 69.7 Å². The van der Waals surface area contributed by atoms with E-state index in [0.717, 1.165) is 23.4 Å². The van der Waals surface area contributed by atoms with Crippen LogP contribution >= 0.6 is 11.6 Å². The van der Waals surface area contributed by atoms with E-state index in [9.17, 15) is 4.79 Å². The molecule has 0 bridgehead atoms. The Hall–Kier alpha value is -1.80. The zero-order valence-corrected chi connectivity index (χ0v) is 11.2. The molecule has 1 aliphatic rings. The van der Waals surface area contributed by atoms with Gasteiger partial charge in [0.2, 0.25) is 5.91 Å². The lowest BCUT2D eigenvalue weighted by Gasteiger charge is -2.15. The van der Waals surface area contributed by atoms with Crippen LogP contribution in [0.15, 0.2) is 42.5 Å². The van der Waals surface area contributed by atoms with Gasteiger partial charge in [0.1, 0.15) is 0 Å². The lowest BCUT2D eigenvalue weighted by molar-refractivity contribution is 0.0999. The minimum Gasteiger partial charge on any atom is -0.366 e. The van der Waals surface area contributed by atoms with E-state index in [4.69, 9.17) is 17.3 Å². The van der Waals surface area contributed by atoms with Crippen LogP contribution in [0, 0.1) is 0 Å². The van der Waals surface area contributed by atoms with Gasteiger partial charge in [-0.3, -0.25) is 4.79 Å². The van der Waals surface area contributed by atoms with Gasteiger partial charge in [-0.05, 0) is 47.7 Å². The second-order valence-electron chi connectivity index (χ2n) is 4.89. The monoisotopic (exact) mass is 271 g/mol. The molecule has 0 aromatic heterocycles. The molecule has 96 valence electrons. The average Bonchev–Trinajstić information content (AvgIpc) is 2.81. The van der Waals surface area contributed by atoms with Crippen molar-refractivity contribution in [3.63, 3.8) is 0 Å². The molecule has 0 radical (unpaired) electrons. The van der Waals surface area contributed by atoms with Crippen molar-refractivity contribution in [2.75, 3.05) is 0 Å². The summed E-state index contributed by atoms with van der Waals surface area (Å²) in [5.74, 6) is -0.117. The molecule has 19 heavy (non-hydrogen) atoms. The van der Waals surface area contributed by atoms with E-state index in [1.807, 2.05) is 30.3 Å². The smallest absolute Gasteiger partial charge is 0.248 e. The van der Waals surface area contributed by atoms with Gasteiger partial charge in [-0.25, -0.2) is 0 Å². The number of hydrogen-bond donors (Lipinski definition) is 1. The summed E-state index contributed by atoms with van der Waals surface area (Å²) in [6, 6.07) is 13.6. The predicted molar refractivity (Wildman–Crippen MR) is 76.6 cm³/mol. The molecule has 0 saturated carbocycles. The summed E-state index contributed by atoms with van der Waals surface area (Å²) in [6.45, 7) is 0. The van der Waals surface area contributed by atoms with Crippen LogP contribution in [0.2, 0.25) is 5.02 Å². The van der Waals surface area contributed by atoms with Crippen molar-refractivity contribution < 1.29 is 4.79 Å². The fraction of sp³-hybridized carbons (Fsp3) is 0.188. The molecule has 2 N–H and O–H groups in total. The molecule has 2 nitrogen and oxygen atoms in total. The van der Waals surface area contributed by atoms with Crippen molar-refractivity contribution in [2.45, 2.75) is 18.8 Å².